The molecule has 0 amide bonds. The van der Waals surface area contributed by atoms with Crippen molar-refractivity contribution in [3.63, 3.8) is 0 Å². The average molecular weight is 576 g/mol. The molecule has 3 heterocycles. The van der Waals surface area contributed by atoms with Crippen molar-refractivity contribution >= 4 is 29.1 Å². The summed E-state index contributed by atoms with van der Waals surface area (Å²) in [4.78, 5) is 42.7. The first-order valence-electron chi connectivity index (χ1n) is 12.5. The van der Waals surface area contributed by atoms with Crippen LogP contribution < -0.4 is 24.4 Å². The Morgan fingerprint density at radius 2 is 1.98 bits per heavy atom. The van der Waals surface area contributed by atoms with Crippen LogP contribution in [-0.4, -0.2) is 36.3 Å². The molecule has 2 aromatic heterocycles. The second-order valence-corrected chi connectivity index (χ2v) is 9.93. The molecular formula is C29H25N3O8S. The normalized spacial score (nSPS) is 14.8. The van der Waals surface area contributed by atoms with Gasteiger partial charge >= 0.3 is 5.97 Å². The number of nitro benzene ring substituents is 1. The molecule has 0 aliphatic carbocycles. The molecule has 12 heteroatoms. The van der Waals surface area contributed by atoms with Crippen molar-refractivity contribution in [1.29, 1.82) is 0 Å². The van der Waals surface area contributed by atoms with Crippen molar-refractivity contribution in [3.8, 4) is 22.8 Å². The molecule has 2 aromatic carbocycles. The molecule has 0 N–H and O–H groups in total. The average Bonchev–Trinajstić information content (AvgIpc) is 3.56. The number of ether oxygens (including phenoxy) is 3. The molecule has 5 rings (SSSR count). The molecule has 0 radical (unpaired) electrons. The molecule has 0 saturated heterocycles. The number of allylic oxidation sites excluding steroid dienone is 1. The summed E-state index contributed by atoms with van der Waals surface area (Å²) in [5, 5.41) is 11.2. The van der Waals surface area contributed by atoms with E-state index in [2.05, 4.69) is 4.99 Å². The monoisotopic (exact) mass is 575 g/mol. The molecule has 0 spiro atoms. The minimum Gasteiger partial charge on any atom is -0.497 e. The molecular weight excluding hydrogens is 550 g/mol. The van der Waals surface area contributed by atoms with Gasteiger partial charge in [-0.2, -0.15) is 0 Å². The van der Waals surface area contributed by atoms with Gasteiger partial charge in [0.15, 0.2) is 4.80 Å². The highest BCUT2D eigenvalue weighted by molar-refractivity contribution is 7.07. The lowest BCUT2D eigenvalue weighted by molar-refractivity contribution is -0.384. The number of nitro groups is 1. The zero-order chi connectivity index (χ0) is 29.3. The van der Waals surface area contributed by atoms with Crippen LogP contribution in [0.2, 0.25) is 0 Å². The van der Waals surface area contributed by atoms with Gasteiger partial charge in [0.05, 0.1) is 41.6 Å². The van der Waals surface area contributed by atoms with Crippen LogP contribution in [0, 0.1) is 10.1 Å². The molecule has 1 unspecified atom stereocenters. The Morgan fingerprint density at radius 3 is 2.68 bits per heavy atom. The van der Waals surface area contributed by atoms with E-state index in [1.165, 1.54) is 30.9 Å². The number of aromatic nitrogens is 1. The first-order valence-corrected chi connectivity index (χ1v) is 13.3. The summed E-state index contributed by atoms with van der Waals surface area (Å²) in [5.41, 5.74) is 1.28. The minimum absolute atomic E-state index is 0.0597. The lowest BCUT2D eigenvalue weighted by Gasteiger charge is -2.26. The molecule has 11 nitrogen and oxygen atoms in total. The van der Waals surface area contributed by atoms with Crippen LogP contribution >= 0.6 is 11.3 Å². The Labute approximate surface area is 237 Å². The van der Waals surface area contributed by atoms with Crippen molar-refractivity contribution in [2.45, 2.75) is 19.9 Å². The van der Waals surface area contributed by atoms with E-state index in [4.69, 9.17) is 18.6 Å². The number of thiazole rings is 1. The molecule has 1 aliphatic heterocycles. The van der Waals surface area contributed by atoms with Crippen molar-refractivity contribution < 1.29 is 28.3 Å². The highest BCUT2D eigenvalue weighted by Crippen LogP contribution is 2.37. The number of methoxy groups -OCH3 is 2. The number of furan rings is 1. The maximum absolute atomic E-state index is 13.9. The number of benzene rings is 2. The number of fused-ring (bicyclic) bond motifs is 1. The van der Waals surface area contributed by atoms with Crippen molar-refractivity contribution in [3.05, 3.63) is 107 Å². The molecule has 41 heavy (non-hydrogen) atoms. The van der Waals surface area contributed by atoms with Crippen LogP contribution in [0.3, 0.4) is 0 Å². The Kier molecular flexibility index (Phi) is 7.58. The van der Waals surface area contributed by atoms with E-state index in [1.807, 2.05) is 0 Å². The van der Waals surface area contributed by atoms with Crippen LogP contribution in [0.5, 0.6) is 11.5 Å². The van der Waals surface area contributed by atoms with Gasteiger partial charge in [0.2, 0.25) is 0 Å². The number of non-ortho nitro benzene ring substituents is 1. The summed E-state index contributed by atoms with van der Waals surface area (Å²) in [7, 11) is 3.03. The van der Waals surface area contributed by atoms with Crippen molar-refractivity contribution in [2.75, 3.05) is 20.8 Å². The summed E-state index contributed by atoms with van der Waals surface area (Å²) in [6.45, 7) is 3.55. The van der Waals surface area contributed by atoms with Crippen LogP contribution in [0.15, 0.2) is 80.1 Å². The van der Waals surface area contributed by atoms with Gasteiger partial charge < -0.3 is 18.6 Å². The van der Waals surface area contributed by atoms with Crippen LogP contribution in [0.1, 0.15) is 31.2 Å². The molecule has 0 bridgehead atoms. The van der Waals surface area contributed by atoms with E-state index in [1.54, 1.807) is 62.4 Å². The topological polar surface area (TPSA) is 135 Å². The molecule has 4 aromatic rings. The molecule has 0 fully saturated rings. The summed E-state index contributed by atoms with van der Waals surface area (Å²) in [5.74, 6) is 1.17. The third kappa shape index (κ3) is 5.16. The maximum Gasteiger partial charge on any atom is 0.338 e. The fraction of sp³-hybridized carbons (Fsp3) is 0.207. The second kappa shape index (κ2) is 11.3. The van der Waals surface area contributed by atoms with Gasteiger partial charge in [-0.1, -0.05) is 23.5 Å². The Morgan fingerprint density at radius 1 is 1.17 bits per heavy atom. The number of hydrogen-bond donors (Lipinski definition) is 0. The maximum atomic E-state index is 13.9. The third-order valence-corrected chi connectivity index (χ3v) is 7.48. The Hall–Kier alpha value is -4.97. The summed E-state index contributed by atoms with van der Waals surface area (Å²) >= 11 is 1.15. The van der Waals surface area contributed by atoms with Gasteiger partial charge in [0.1, 0.15) is 29.1 Å². The van der Waals surface area contributed by atoms with E-state index < -0.39 is 16.9 Å². The zero-order valence-electron chi connectivity index (χ0n) is 22.6. The lowest BCUT2D eigenvalue weighted by Crippen LogP contribution is -2.40. The molecule has 1 atom stereocenters. The largest absolute Gasteiger partial charge is 0.497 e. The van der Waals surface area contributed by atoms with E-state index in [0.717, 1.165) is 11.3 Å². The standard InChI is InChI=1S/C29H25N3O8S/c1-5-39-28(34)25-16(2)30-29-31(26(25)21-11-9-19(37-3)14-23(21)38-4)27(33)24(41-29)15-20-10-12-22(40-20)17-7-6-8-18(13-17)32(35)36/h6-15,26H,5H2,1-4H3. The van der Waals surface area contributed by atoms with Crippen LogP contribution in [-0.2, 0) is 9.53 Å². The SMILES string of the molecule is CCOC(=O)C1=C(C)N=c2sc(=Cc3ccc(-c4cccc([N+](=O)[O-])c4)o3)c(=O)n2C1c1ccc(OC)cc1OC. The first kappa shape index (κ1) is 27.6. The Balaban J connectivity index is 1.65. The van der Waals surface area contributed by atoms with Crippen LogP contribution in [0.25, 0.3) is 17.4 Å². The van der Waals surface area contributed by atoms with Gasteiger partial charge in [0.25, 0.3) is 11.2 Å². The predicted octanol–water partition coefficient (Wildman–Crippen LogP) is 3.98. The van der Waals surface area contributed by atoms with Gasteiger partial charge in [-0.25, -0.2) is 9.79 Å². The van der Waals surface area contributed by atoms with E-state index >= 15 is 0 Å². The summed E-state index contributed by atoms with van der Waals surface area (Å²) in [6.07, 6.45) is 1.58. The second-order valence-electron chi connectivity index (χ2n) is 8.92. The smallest absolute Gasteiger partial charge is 0.338 e. The first-order chi connectivity index (χ1) is 19.7. The number of rotatable bonds is 8. The number of carbonyl (C=O) groups is 1. The minimum atomic E-state index is -0.870. The Bertz CT molecular complexity index is 1880. The summed E-state index contributed by atoms with van der Waals surface area (Å²) < 4.78 is 24.0. The molecule has 210 valence electrons. The van der Waals surface area contributed by atoms with Gasteiger partial charge in [-0.15, -0.1) is 0 Å². The van der Waals surface area contributed by atoms with Crippen molar-refractivity contribution in [1.82, 2.24) is 4.57 Å². The number of hydrogen-bond acceptors (Lipinski definition) is 10. The van der Waals surface area contributed by atoms with E-state index in [-0.39, 0.29) is 23.4 Å². The summed E-state index contributed by atoms with van der Waals surface area (Å²) in [6, 6.07) is 13.7. The number of nitrogens with zero attached hydrogens (tertiary/aromatic N) is 3. The van der Waals surface area contributed by atoms with Crippen LogP contribution in [0.4, 0.5) is 5.69 Å². The van der Waals surface area contributed by atoms with Gasteiger partial charge in [-0.05, 0) is 38.1 Å². The fourth-order valence-corrected chi connectivity index (χ4v) is 5.64. The highest BCUT2D eigenvalue weighted by atomic mass is 32.1. The predicted molar refractivity (Wildman–Crippen MR) is 151 cm³/mol. The fourth-order valence-electron chi connectivity index (χ4n) is 4.62. The molecule has 0 saturated carbocycles. The van der Waals surface area contributed by atoms with Gasteiger partial charge in [0, 0.05) is 35.4 Å². The number of carbonyl (C=O) groups excluding carboxylic acids is 1. The number of esters is 1. The highest BCUT2D eigenvalue weighted by Gasteiger charge is 2.35. The zero-order valence-corrected chi connectivity index (χ0v) is 23.4. The van der Waals surface area contributed by atoms with E-state index in [9.17, 15) is 19.7 Å². The third-order valence-electron chi connectivity index (χ3n) is 6.49. The van der Waals surface area contributed by atoms with Crippen molar-refractivity contribution in [2.24, 2.45) is 4.99 Å². The lowest BCUT2D eigenvalue weighted by atomic mass is 9.95. The van der Waals surface area contributed by atoms with Gasteiger partial charge in [-0.3, -0.25) is 19.5 Å². The molecule has 1 aliphatic rings. The quantitative estimate of drug-likeness (QED) is 0.175. The van der Waals surface area contributed by atoms with E-state index in [0.29, 0.717) is 49.2 Å².